The van der Waals surface area contributed by atoms with Crippen molar-refractivity contribution in [1.29, 1.82) is 0 Å². The summed E-state index contributed by atoms with van der Waals surface area (Å²) in [7, 11) is 0. The van der Waals surface area contributed by atoms with Crippen molar-refractivity contribution in [3.8, 4) is 0 Å². The van der Waals surface area contributed by atoms with Crippen molar-refractivity contribution >= 4 is 11.9 Å². The van der Waals surface area contributed by atoms with E-state index in [9.17, 15) is 9.59 Å². The second-order valence-electron chi connectivity index (χ2n) is 4.13. The fourth-order valence-electron chi connectivity index (χ4n) is 0.984. The summed E-state index contributed by atoms with van der Waals surface area (Å²) in [5.74, 6) is -0.990. The van der Waals surface area contributed by atoms with Crippen LogP contribution in [0.1, 0.15) is 30.1 Å². The van der Waals surface area contributed by atoms with Crippen molar-refractivity contribution in [3.63, 3.8) is 0 Å². The van der Waals surface area contributed by atoms with Gasteiger partial charge in [0.25, 0.3) is 5.91 Å². The second kappa shape index (κ2) is 4.34. The molecule has 88 valence electrons. The molecule has 0 aliphatic carbocycles. The molecule has 2 N–H and O–H groups in total. The molecule has 0 bridgehead atoms. The third-order valence-electron chi connectivity index (χ3n) is 2.23. The SMILES string of the molecule is Cc1ocnc1C(=O)NCC(C)(C)C(=O)O. The van der Waals surface area contributed by atoms with Gasteiger partial charge in [0.05, 0.1) is 5.41 Å². The van der Waals surface area contributed by atoms with E-state index < -0.39 is 17.3 Å². The number of hydrogen-bond acceptors (Lipinski definition) is 4. The average molecular weight is 226 g/mol. The molecule has 0 atom stereocenters. The van der Waals surface area contributed by atoms with Gasteiger partial charge in [-0.1, -0.05) is 0 Å². The molecule has 6 nitrogen and oxygen atoms in total. The summed E-state index contributed by atoms with van der Waals surface area (Å²) in [5.41, 5.74) is -0.825. The highest BCUT2D eigenvalue weighted by molar-refractivity contribution is 5.93. The number of nitrogens with one attached hydrogen (secondary N) is 1. The molecule has 0 radical (unpaired) electrons. The van der Waals surface area contributed by atoms with Crippen molar-refractivity contribution in [2.45, 2.75) is 20.8 Å². The number of aromatic nitrogens is 1. The lowest BCUT2D eigenvalue weighted by molar-refractivity contribution is -0.146. The zero-order valence-corrected chi connectivity index (χ0v) is 9.40. The lowest BCUT2D eigenvalue weighted by Gasteiger charge is -2.18. The Bertz CT molecular complexity index is 409. The Kier molecular flexibility index (Phi) is 3.31. The number of rotatable bonds is 4. The minimum absolute atomic E-state index is 0.0352. The van der Waals surface area contributed by atoms with Crippen LogP contribution in [-0.2, 0) is 4.79 Å². The van der Waals surface area contributed by atoms with Gasteiger partial charge in [0.1, 0.15) is 5.76 Å². The van der Waals surface area contributed by atoms with E-state index in [4.69, 9.17) is 9.52 Å². The molecule has 1 aromatic heterocycles. The summed E-state index contributed by atoms with van der Waals surface area (Å²) in [4.78, 5) is 26.1. The van der Waals surface area contributed by atoms with Crippen LogP contribution in [0.4, 0.5) is 0 Å². The van der Waals surface area contributed by atoms with Crippen molar-refractivity contribution in [3.05, 3.63) is 17.8 Å². The first-order valence-electron chi connectivity index (χ1n) is 4.76. The quantitative estimate of drug-likeness (QED) is 0.793. The van der Waals surface area contributed by atoms with Gasteiger partial charge in [0, 0.05) is 6.54 Å². The van der Waals surface area contributed by atoms with E-state index in [-0.39, 0.29) is 12.2 Å². The number of oxazole rings is 1. The number of nitrogens with zero attached hydrogens (tertiary/aromatic N) is 1. The summed E-state index contributed by atoms with van der Waals surface area (Å²) in [5, 5.41) is 11.4. The van der Waals surface area contributed by atoms with Gasteiger partial charge < -0.3 is 14.8 Å². The van der Waals surface area contributed by atoms with Crippen LogP contribution in [0.5, 0.6) is 0 Å². The number of aliphatic carboxylic acids is 1. The third-order valence-corrected chi connectivity index (χ3v) is 2.23. The molecule has 0 unspecified atom stereocenters. The van der Waals surface area contributed by atoms with Crippen LogP contribution in [0.15, 0.2) is 10.8 Å². The molecule has 16 heavy (non-hydrogen) atoms. The summed E-state index contributed by atoms with van der Waals surface area (Å²) >= 11 is 0. The van der Waals surface area contributed by atoms with Crippen molar-refractivity contribution < 1.29 is 19.1 Å². The zero-order valence-electron chi connectivity index (χ0n) is 9.40. The van der Waals surface area contributed by atoms with Crippen LogP contribution in [0.3, 0.4) is 0 Å². The standard InChI is InChI=1S/C10H14N2O4/c1-6-7(12-5-16-6)8(13)11-4-10(2,3)9(14)15/h5H,4H2,1-3H3,(H,11,13)(H,14,15). The molecule has 1 amide bonds. The van der Waals surface area contributed by atoms with Crippen LogP contribution in [0, 0.1) is 12.3 Å². The molecular weight excluding hydrogens is 212 g/mol. The lowest BCUT2D eigenvalue weighted by Crippen LogP contribution is -2.39. The van der Waals surface area contributed by atoms with Gasteiger partial charge >= 0.3 is 5.97 Å². The van der Waals surface area contributed by atoms with Gasteiger partial charge in [-0.3, -0.25) is 9.59 Å². The highest BCUT2D eigenvalue weighted by Gasteiger charge is 2.28. The summed E-state index contributed by atoms with van der Waals surface area (Å²) < 4.78 is 4.88. The topological polar surface area (TPSA) is 92.4 Å². The van der Waals surface area contributed by atoms with Crippen LogP contribution in [0.25, 0.3) is 0 Å². The lowest BCUT2D eigenvalue weighted by atomic mass is 9.94. The molecule has 1 aromatic rings. The Labute approximate surface area is 92.7 Å². The van der Waals surface area contributed by atoms with Crippen molar-refractivity contribution in [2.24, 2.45) is 5.41 Å². The van der Waals surface area contributed by atoms with Crippen LogP contribution in [-0.4, -0.2) is 28.5 Å². The molecule has 1 heterocycles. The summed E-state index contributed by atoms with van der Waals surface area (Å²) in [6.45, 7) is 4.72. The minimum atomic E-state index is -1.01. The number of aryl methyl sites for hydroxylation is 1. The Hall–Kier alpha value is -1.85. The molecule has 0 aliphatic heterocycles. The molecule has 0 spiro atoms. The highest BCUT2D eigenvalue weighted by Crippen LogP contribution is 2.13. The first-order chi connectivity index (χ1) is 7.34. The van der Waals surface area contributed by atoms with Crippen LogP contribution < -0.4 is 5.32 Å². The van der Waals surface area contributed by atoms with E-state index in [2.05, 4.69) is 10.3 Å². The predicted octanol–water partition coefficient (Wildman–Crippen LogP) is 0.824. The first-order valence-corrected chi connectivity index (χ1v) is 4.76. The molecule has 1 rings (SSSR count). The molecule has 0 aliphatic rings. The van der Waals surface area contributed by atoms with Gasteiger partial charge in [-0.15, -0.1) is 0 Å². The van der Waals surface area contributed by atoms with E-state index in [1.165, 1.54) is 20.2 Å². The molecular formula is C10H14N2O4. The number of amides is 1. The Morgan fingerprint density at radius 2 is 2.19 bits per heavy atom. The summed E-state index contributed by atoms with van der Waals surface area (Å²) in [6, 6.07) is 0. The number of carbonyl (C=O) groups excluding carboxylic acids is 1. The molecule has 0 saturated carbocycles. The summed E-state index contributed by atoms with van der Waals surface area (Å²) in [6.07, 6.45) is 1.17. The highest BCUT2D eigenvalue weighted by atomic mass is 16.4. The van der Waals surface area contributed by atoms with E-state index in [1.54, 1.807) is 6.92 Å². The molecule has 0 fully saturated rings. The Morgan fingerprint density at radius 3 is 2.62 bits per heavy atom. The number of carboxylic acid groups (broad SMARTS) is 1. The fourth-order valence-corrected chi connectivity index (χ4v) is 0.984. The number of hydrogen-bond donors (Lipinski definition) is 2. The van der Waals surface area contributed by atoms with Crippen LogP contribution >= 0.6 is 0 Å². The maximum atomic E-state index is 11.6. The monoisotopic (exact) mass is 226 g/mol. The van der Waals surface area contributed by atoms with Crippen LogP contribution in [0.2, 0.25) is 0 Å². The second-order valence-corrected chi connectivity index (χ2v) is 4.13. The van der Waals surface area contributed by atoms with Gasteiger partial charge in [0.15, 0.2) is 12.1 Å². The number of carboxylic acids is 1. The largest absolute Gasteiger partial charge is 0.481 e. The Morgan fingerprint density at radius 1 is 1.56 bits per heavy atom. The smallest absolute Gasteiger partial charge is 0.310 e. The zero-order chi connectivity index (χ0) is 12.3. The maximum Gasteiger partial charge on any atom is 0.310 e. The van der Waals surface area contributed by atoms with E-state index in [0.717, 1.165) is 0 Å². The Balaban J connectivity index is 2.61. The third kappa shape index (κ3) is 2.59. The minimum Gasteiger partial charge on any atom is -0.481 e. The van der Waals surface area contributed by atoms with E-state index in [1.807, 2.05) is 0 Å². The first kappa shape index (κ1) is 12.2. The predicted molar refractivity (Wildman–Crippen MR) is 55.0 cm³/mol. The normalized spacial score (nSPS) is 11.2. The van der Waals surface area contributed by atoms with Gasteiger partial charge in [-0.05, 0) is 20.8 Å². The van der Waals surface area contributed by atoms with Gasteiger partial charge in [-0.2, -0.15) is 0 Å². The molecule has 0 aromatic carbocycles. The van der Waals surface area contributed by atoms with E-state index in [0.29, 0.717) is 5.76 Å². The van der Waals surface area contributed by atoms with E-state index >= 15 is 0 Å². The number of carbonyl (C=O) groups is 2. The maximum absolute atomic E-state index is 11.6. The fraction of sp³-hybridized carbons (Fsp3) is 0.500. The van der Waals surface area contributed by atoms with Gasteiger partial charge in [-0.25, -0.2) is 4.98 Å². The van der Waals surface area contributed by atoms with Gasteiger partial charge in [0.2, 0.25) is 0 Å². The molecule has 0 saturated heterocycles. The molecule has 6 heteroatoms. The average Bonchev–Trinajstić information content (AvgIpc) is 2.61. The van der Waals surface area contributed by atoms with Crippen molar-refractivity contribution in [1.82, 2.24) is 10.3 Å². The van der Waals surface area contributed by atoms with Crippen molar-refractivity contribution in [2.75, 3.05) is 6.54 Å².